The van der Waals surface area contributed by atoms with Gasteiger partial charge in [0.15, 0.2) is 0 Å². The molecular weight excluding hydrogens is 228 g/mol. The van der Waals surface area contributed by atoms with Crippen LogP contribution in [-0.4, -0.2) is 28.1 Å². The lowest BCUT2D eigenvalue weighted by Gasteiger charge is -2.14. The lowest BCUT2D eigenvalue weighted by molar-refractivity contribution is 0.681. The molecule has 90 valence electrons. The van der Waals surface area contributed by atoms with Gasteiger partial charge in [-0.05, 0) is 19.1 Å². The van der Waals surface area contributed by atoms with Crippen LogP contribution in [-0.2, 0) is 6.17 Å². The average Bonchev–Trinajstić information content (AvgIpc) is 2.64. The number of aryl methyl sites for hydroxylation is 1. The first-order chi connectivity index (χ1) is 7.94. The molecular formula is C12H18N4Si. The molecule has 4 nitrogen and oxygen atoms in total. The molecule has 2 aromatic heterocycles. The van der Waals surface area contributed by atoms with Crippen LogP contribution >= 0.6 is 0 Å². The second-order valence-electron chi connectivity index (χ2n) is 5.55. The van der Waals surface area contributed by atoms with Gasteiger partial charge in [-0.1, -0.05) is 24.9 Å². The van der Waals surface area contributed by atoms with Gasteiger partial charge in [-0.3, -0.25) is 9.67 Å². The molecule has 0 bridgehead atoms. The van der Waals surface area contributed by atoms with Crippen molar-refractivity contribution < 1.29 is 0 Å². The third kappa shape index (κ3) is 3.23. The zero-order chi connectivity index (χ0) is 12.5. The van der Waals surface area contributed by atoms with Gasteiger partial charge in [0.05, 0.1) is 14.3 Å². The molecule has 17 heavy (non-hydrogen) atoms. The zero-order valence-electron chi connectivity index (χ0n) is 10.8. The summed E-state index contributed by atoms with van der Waals surface area (Å²) in [5, 5.41) is 8.37. The minimum absolute atomic E-state index is 0.899. The Hall–Kier alpha value is -1.49. The number of nitrogens with zero attached hydrogens (tertiary/aromatic N) is 4. The topological polar surface area (TPSA) is 43.6 Å². The van der Waals surface area contributed by atoms with Crippen molar-refractivity contribution in [2.75, 3.05) is 0 Å². The molecule has 2 aromatic rings. The molecule has 0 spiro atoms. The Morgan fingerprint density at radius 3 is 2.59 bits per heavy atom. The molecule has 0 amide bonds. The predicted molar refractivity (Wildman–Crippen MR) is 71.3 cm³/mol. The van der Waals surface area contributed by atoms with Gasteiger partial charge in [-0.2, -0.15) is 0 Å². The molecule has 0 saturated heterocycles. The van der Waals surface area contributed by atoms with Crippen LogP contribution in [0.25, 0.3) is 11.3 Å². The summed E-state index contributed by atoms with van der Waals surface area (Å²) in [4.78, 5) is 4.27. The molecule has 2 rings (SSSR count). The predicted octanol–water partition coefficient (Wildman–Crippen LogP) is 2.53. The molecule has 0 unspecified atom stereocenters. The van der Waals surface area contributed by atoms with Crippen molar-refractivity contribution in [1.29, 1.82) is 0 Å². The lowest BCUT2D eigenvalue weighted by atomic mass is 10.2. The summed E-state index contributed by atoms with van der Waals surface area (Å²) in [5.74, 6) is 0. The number of aromatic nitrogens is 4. The molecule has 0 aromatic carbocycles. The Labute approximate surface area is 103 Å². The maximum Gasteiger partial charge on any atom is 0.114 e. The van der Waals surface area contributed by atoms with Crippen LogP contribution < -0.4 is 0 Å². The van der Waals surface area contributed by atoms with Gasteiger partial charge in [0.25, 0.3) is 0 Å². The molecule has 0 fully saturated rings. The van der Waals surface area contributed by atoms with Gasteiger partial charge in [-0.15, -0.1) is 5.10 Å². The molecule has 0 aliphatic carbocycles. The monoisotopic (exact) mass is 246 g/mol. The van der Waals surface area contributed by atoms with E-state index in [-0.39, 0.29) is 0 Å². The smallest absolute Gasteiger partial charge is 0.114 e. The van der Waals surface area contributed by atoms with Crippen molar-refractivity contribution in [3.63, 3.8) is 0 Å². The Balaban J connectivity index is 2.21. The summed E-state index contributed by atoms with van der Waals surface area (Å²) >= 11 is 0. The van der Waals surface area contributed by atoms with Crippen molar-refractivity contribution in [1.82, 2.24) is 20.0 Å². The third-order valence-corrected chi connectivity index (χ3v) is 3.65. The van der Waals surface area contributed by atoms with E-state index in [2.05, 4.69) is 34.9 Å². The van der Waals surface area contributed by atoms with Crippen LogP contribution in [0.2, 0.25) is 19.6 Å². The van der Waals surface area contributed by atoms with Crippen molar-refractivity contribution in [2.24, 2.45) is 0 Å². The van der Waals surface area contributed by atoms with Gasteiger partial charge in [0.1, 0.15) is 5.69 Å². The maximum atomic E-state index is 4.27. The summed E-state index contributed by atoms with van der Waals surface area (Å²) in [6.45, 7) is 8.94. The Morgan fingerprint density at radius 2 is 2.00 bits per heavy atom. The van der Waals surface area contributed by atoms with Gasteiger partial charge in [0.2, 0.25) is 0 Å². The fourth-order valence-corrected chi connectivity index (χ4v) is 2.74. The van der Waals surface area contributed by atoms with Crippen LogP contribution in [0.5, 0.6) is 0 Å². The average molecular weight is 246 g/mol. The highest BCUT2D eigenvalue weighted by Gasteiger charge is 2.15. The van der Waals surface area contributed by atoms with Gasteiger partial charge >= 0.3 is 0 Å². The zero-order valence-corrected chi connectivity index (χ0v) is 11.8. The summed E-state index contributed by atoms with van der Waals surface area (Å²) in [7, 11) is -1.15. The largest absolute Gasteiger partial charge is 0.261 e. The normalized spacial score (nSPS) is 11.8. The molecule has 0 aliphatic rings. The molecule has 0 radical (unpaired) electrons. The van der Waals surface area contributed by atoms with Crippen LogP contribution in [0.1, 0.15) is 5.69 Å². The van der Waals surface area contributed by atoms with E-state index >= 15 is 0 Å². The summed E-state index contributed by atoms with van der Waals surface area (Å²) in [5.41, 5.74) is 2.94. The minimum Gasteiger partial charge on any atom is -0.261 e. The standard InChI is InChI=1S/C12H18N4Si/c1-10-5-6-11(7-13-10)12-8-16(15-14-12)9-17(2,3)4/h5-8H,9H2,1-4H3. The minimum atomic E-state index is -1.15. The highest BCUT2D eigenvalue weighted by Crippen LogP contribution is 2.15. The SMILES string of the molecule is Cc1ccc(-c2cn(C[Si](C)(C)C)nn2)cn1. The Bertz CT molecular complexity index is 496. The van der Waals surface area contributed by atoms with Gasteiger partial charge < -0.3 is 0 Å². The van der Waals surface area contributed by atoms with Crippen molar-refractivity contribution in [3.05, 3.63) is 30.2 Å². The van der Waals surface area contributed by atoms with Crippen LogP contribution in [0, 0.1) is 6.92 Å². The number of hydrogen-bond donors (Lipinski definition) is 0. The fraction of sp³-hybridized carbons (Fsp3) is 0.417. The number of pyridine rings is 1. The number of rotatable bonds is 3. The number of hydrogen-bond acceptors (Lipinski definition) is 3. The summed E-state index contributed by atoms with van der Waals surface area (Å²) < 4.78 is 1.95. The molecule has 2 heterocycles. The first-order valence-corrected chi connectivity index (χ1v) is 9.48. The Kier molecular flexibility index (Phi) is 3.10. The highest BCUT2D eigenvalue weighted by molar-refractivity contribution is 6.74. The molecule has 0 atom stereocenters. The first kappa shape index (κ1) is 12.0. The van der Waals surface area contributed by atoms with E-state index in [1.54, 1.807) is 0 Å². The maximum absolute atomic E-state index is 4.27. The van der Waals surface area contributed by atoms with E-state index in [1.807, 2.05) is 36.1 Å². The van der Waals surface area contributed by atoms with E-state index in [0.29, 0.717) is 0 Å². The molecule has 5 heteroatoms. The Morgan fingerprint density at radius 1 is 1.24 bits per heavy atom. The van der Waals surface area contributed by atoms with Gasteiger partial charge in [0, 0.05) is 23.6 Å². The molecule has 0 saturated carbocycles. The van der Waals surface area contributed by atoms with E-state index in [1.165, 1.54) is 0 Å². The van der Waals surface area contributed by atoms with E-state index < -0.39 is 8.07 Å². The molecule has 0 aliphatic heterocycles. The van der Waals surface area contributed by atoms with Crippen molar-refractivity contribution in [2.45, 2.75) is 32.7 Å². The van der Waals surface area contributed by atoms with Gasteiger partial charge in [-0.25, -0.2) is 0 Å². The highest BCUT2D eigenvalue weighted by atomic mass is 28.3. The van der Waals surface area contributed by atoms with Crippen LogP contribution in [0.4, 0.5) is 0 Å². The fourth-order valence-electron chi connectivity index (χ4n) is 1.61. The first-order valence-electron chi connectivity index (χ1n) is 5.77. The second-order valence-corrected chi connectivity index (χ2v) is 11.0. The summed E-state index contributed by atoms with van der Waals surface area (Å²) in [6, 6.07) is 4.03. The third-order valence-electron chi connectivity index (χ3n) is 2.38. The van der Waals surface area contributed by atoms with Crippen LogP contribution in [0.15, 0.2) is 24.5 Å². The molecule has 0 N–H and O–H groups in total. The van der Waals surface area contributed by atoms with E-state index in [0.717, 1.165) is 23.1 Å². The van der Waals surface area contributed by atoms with E-state index in [4.69, 9.17) is 0 Å². The van der Waals surface area contributed by atoms with Crippen molar-refractivity contribution in [3.8, 4) is 11.3 Å². The lowest BCUT2D eigenvalue weighted by Crippen LogP contribution is -2.28. The van der Waals surface area contributed by atoms with Crippen molar-refractivity contribution >= 4 is 8.07 Å². The van der Waals surface area contributed by atoms with E-state index in [9.17, 15) is 0 Å². The quantitative estimate of drug-likeness (QED) is 0.782. The second kappa shape index (κ2) is 4.41. The summed E-state index contributed by atoms with van der Waals surface area (Å²) in [6.07, 6.45) is 4.85. The van der Waals surface area contributed by atoms with Crippen LogP contribution in [0.3, 0.4) is 0 Å².